The van der Waals surface area contributed by atoms with Gasteiger partial charge in [0.2, 0.25) is 0 Å². The van der Waals surface area contributed by atoms with E-state index in [4.69, 9.17) is 4.74 Å². The van der Waals surface area contributed by atoms with Crippen LogP contribution >= 0.6 is 11.3 Å². The summed E-state index contributed by atoms with van der Waals surface area (Å²) in [5.74, 6) is 0.564. The summed E-state index contributed by atoms with van der Waals surface area (Å²) in [7, 11) is 0. The van der Waals surface area contributed by atoms with Gasteiger partial charge in [0, 0.05) is 40.9 Å². The van der Waals surface area contributed by atoms with Crippen LogP contribution in [0.5, 0.6) is 0 Å². The minimum Gasteiger partial charge on any atom is -0.462 e. The number of carbonyl (C=O) groups excluding carboxylic acids is 1. The zero-order valence-corrected chi connectivity index (χ0v) is 20.3. The lowest BCUT2D eigenvalue weighted by Crippen LogP contribution is -2.11. The van der Waals surface area contributed by atoms with Crippen molar-refractivity contribution in [1.29, 1.82) is 0 Å². The van der Waals surface area contributed by atoms with Gasteiger partial charge in [-0.1, -0.05) is 13.8 Å². The van der Waals surface area contributed by atoms with E-state index < -0.39 is 0 Å². The number of ether oxygens (including phenoxy) is 1. The zero-order chi connectivity index (χ0) is 23.5. The van der Waals surface area contributed by atoms with Crippen LogP contribution < -0.4 is 10.6 Å². The van der Waals surface area contributed by atoms with Crippen molar-refractivity contribution in [2.45, 2.75) is 46.6 Å². The first-order valence-corrected chi connectivity index (χ1v) is 12.0. The first-order chi connectivity index (χ1) is 15.9. The summed E-state index contributed by atoms with van der Waals surface area (Å²) in [5.41, 5.74) is 7.86. The van der Waals surface area contributed by atoms with Gasteiger partial charge in [0.25, 0.3) is 0 Å². The zero-order valence-electron chi connectivity index (χ0n) is 19.5. The van der Waals surface area contributed by atoms with Crippen LogP contribution in [0, 0.1) is 0 Å². The monoisotopic (exact) mass is 463 g/mol. The molecule has 0 radical (unpaired) electrons. The number of esters is 1. The molecule has 3 N–H and O–H groups in total. The van der Waals surface area contributed by atoms with Gasteiger partial charge in [-0.05, 0) is 51.0 Å². The van der Waals surface area contributed by atoms with Crippen LogP contribution in [0.1, 0.15) is 56.6 Å². The third kappa shape index (κ3) is 5.01. The van der Waals surface area contributed by atoms with Gasteiger partial charge in [-0.2, -0.15) is 0 Å². The average molecular weight is 464 g/mol. The summed E-state index contributed by atoms with van der Waals surface area (Å²) in [6, 6.07) is 10.1. The van der Waals surface area contributed by atoms with E-state index in [-0.39, 0.29) is 17.9 Å². The van der Waals surface area contributed by atoms with Crippen LogP contribution in [0.25, 0.3) is 21.5 Å². The normalized spacial score (nSPS) is 11.4. The quantitative estimate of drug-likeness (QED) is 0.257. The van der Waals surface area contributed by atoms with Crippen LogP contribution in [-0.4, -0.2) is 33.6 Å². The maximum Gasteiger partial charge on any atom is 0.339 e. The molecule has 7 nitrogen and oxygen atoms in total. The Kier molecular flexibility index (Phi) is 6.65. The van der Waals surface area contributed by atoms with E-state index in [0.29, 0.717) is 12.2 Å². The minimum atomic E-state index is -0.313. The number of nitrogens with zero attached hydrogens (tertiary/aromatic N) is 2. The van der Waals surface area contributed by atoms with Crippen LogP contribution in [0.15, 0.2) is 42.0 Å². The number of fused-ring (bicyclic) bond motifs is 1. The van der Waals surface area contributed by atoms with Crippen molar-refractivity contribution in [1.82, 2.24) is 15.0 Å². The average Bonchev–Trinajstić information content (AvgIpc) is 3.41. The molecule has 0 aliphatic rings. The third-order valence-corrected chi connectivity index (χ3v) is 5.95. The molecular formula is C25H29N5O2S. The Balaban J connectivity index is 1.71. The van der Waals surface area contributed by atoms with Gasteiger partial charge in [0.1, 0.15) is 5.82 Å². The molecule has 0 unspecified atom stereocenters. The molecule has 0 saturated heterocycles. The number of rotatable bonds is 8. The van der Waals surface area contributed by atoms with Gasteiger partial charge in [-0.15, -0.1) is 11.3 Å². The molecule has 0 aliphatic carbocycles. The standard InChI is InChI=1S/C25H29N5O2S/c1-6-32-25(31)17-10-20(30-24(17)14(2)3)18-12-26-23(11-21(18)28-15(4)5)29-16-7-8-19-22(9-16)33-13-27-19/h7-15,30H,6H2,1-5H3,(H2,26,28,29). The molecule has 4 rings (SSSR count). The number of aromatic nitrogens is 3. The molecule has 0 amide bonds. The van der Waals surface area contributed by atoms with E-state index >= 15 is 0 Å². The number of thiazole rings is 1. The van der Waals surface area contributed by atoms with Crippen LogP contribution in [-0.2, 0) is 4.74 Å². The molecule has 0 saturated carbocycles. The first kappa shape index (κ1) is 22.8. The van der Waals surface area contributed by atoms with Gasteiger partial charge < -0.3 is 20.4 Å². The number of hydrogen-bond acceptors (Lipinski definition) is 7. The second-order valence-electron chi connectivity index (χ2n) is 8.46. The molecule has 0 atom stereocenters. The lowest BCUT2D eigenvalue weighted by atomic mass is 10.1. The fourth-order valence-electron chi connectivity index (χ4n) is 3.70. The van der Waals surface area contributed by atoms with Crippen molar-refractivity contribution >= 4 is 44.7 Å². The first-order valence-electron chi connectivity index (χ1n) is 11.1. The highest BCUT2D eigenvalue weighted by Crippen LogP contribution is 2.34. The Morgan fingerprint density at radius 3 is 2.70 bits per heavy atom. The molecule has 0 bridgehead atoms. The largest absolute Gasteiger partial charge is 0.462 e. The highest BCUT2D eigenvalue weighted by molar-refractivity contribution is 7.16. The number of H-pyrrole nitrogens is 1. The molecule has 33 heavy (non-hydrogen) atoms. The van der Waals surface area contributed by atoms with Gasteiger partial charge in [0.05, 0.1) is 33.6 Å². The van der Waals surface area contributed by atoms with E-state index in [2.05, 4.69) is 59.3 Å². The van der Waals surface area contributed by atoms with E-state index in [1.807, 2.05) is 42.9 Å². The topological polar surface area (TPSA) is 91.9 Å². The van der Waals surface area contributed by atoms with E-state index in [1.54, 1.807) is 11.3 Å². The SMILES string of the molecule is CCOC(=O)c1cc(-c2cnc(Nc3ccc4ncsc4c3)cc2NC(C)C)[nH]c1C(C)C. The predicted octanol–water partition coefficient (Wildman–Crippen LogP) is 6.55. The van der Waals surface area contributed by atoms with E-state index in [0.717, 1.165) is 44.4 Å². The Morgan fingerprint density at radius 2 is 1.97 bits per heavy atom. The predicted molar refractivity (Wildman–Crippen MR) is 136 cm³/mol. The Labute approximate surface area is 197 Å². The molecule has 1 aromatic carbocycles. The fraction of sp³-hybridized carbons (Fsp3) is 0.320. The van der Waals surface area contributed by atoms with Crippen LogP contribution in [0.4, 0.5) is 17.2 Å². The maximum absolute atomic E-state index is 12.5. The molecule has 8 heteroatoms. The number of pyridine rings is 1. The van der Waals surface area contributed by atoms with Crippen LogP contribution in [0.2, 0.25) is 0 Å². The number of aromatic amines is 1. The lowest BCUT2D eigenvalue weighted by molar-refractivity contribution is 0.0525. The van der Waals surface area contributed by atoms with Gasteiger partial charge >= 0.3 is 5.97 Å². The Hall–Kier alpha value is -3.39. The number of nitrogens with one attached hydrogen (secondary N) is 3. The molecule has 0 fully saturated rings. The second kappa shape index (κ2) is 9.62. The maximum atomic E-state index is 12.5. The van der Waals surface area contributed by atoms with Gasteiger partial charge in [0.15, 0.2) is 0 Å². The molecule has 4 aromatic rings. The number of anilines is 3. The Morgan fingerprint density at radius 1 is 1.15 bits per heavy atom. The minimum absolute atomic E-state index is 0.148. The molecule has 3 aromatic heterocycles. The van der Waals surface area contributed by atoms with Crippen molar-refractivity contribution in [3.8, 4) is 11.3 Å². The summed E-state index contributed by atoms with van der Waals surface area (Å²) < 4.78 is 6.39. The number of hydrogen-bond donors (Lipinski definition) is 3. The summed E-state index contributed by atoms with van der Waals surface area (Å²) in [6.45, 7) is 10.4. The summed E-state index contributed by atoms with van der Waals surface area (Å²) >= 11 is 1.61. The second-order valence-corrected chi connectivity index (χ2v) is 9.35. The van der Waals surface area contributed by atoms with Gasteiger partial charge in [-0.3, -0.25) is 0 Å². The summed E-state index contributed by atoms with van der Waals surface area (Å²) in [4.78, 5) is 24.9. The van der Waals surface area contributed by atoms with Crippen molar-refractivity contribution in [3.05, 3.63) is 53.3 Å². The van der Waals surface area contributed by atoms with Gasteiger partial charge in [-0.25, -0.2) is 14.8 Å². The third-order valence-electron chi connectivity index (χ3n) is 5.16. The Bertz CT molecular complexity index is 1280. The summed E-state index contributed by atoms with van der Waals surface area (Å²) in [5, 5.41) is 6.90. The molecule has 0 spiro atoms. The smallest absolute Gasteiger partial charge is 0.339 e. The van der Waals surface area contributed by atoms with Crippen molar-refractivity contribution in [3.63, 3.8) is 0 Å². The molecule has 0 aliphatic heterocycles. The number of carbonyl (C=O) groups is 1. The van der Waals surface area contributed by atoms with Crippen molar-refractivity contribution in [2.24, 2.45) is 0 Å². The molecular weight excluding hydrogens is 434 g/mol. The molecule has 3 heterocycles. The van der Waals surface area contributed by atoms with E-state index in [9.17, 15) is 4.79 Å². The van der Waals surface area contributed by atoms with Crippen molar-refractivity contribution < 1.29 is 9.53 Å². The number of benzene rings is 1. The fourth-order valence-corrected chi connectivity index (χ4v) is 4.41. The van der Waals surface area contributed by atoms with Crippen LogP contribution in [0.3, 0.4) is 0 Å². The van der Waals surface area contributed by atoms with Crippen molar-refractivity contribution in [2.75, 3.05) is 17.2 Å². The lowest BCUT2D eigenvalue weighted by Gasteiger charge is -2.16. The van der Waals surface area contributed by atoms with E-state index in [1.165, 1.54) is 0 Å². The summed E-state index contributed by atoms with van der Waals surface area (Å²) in [6.07, 6.45) is 1.82. The highest BCUT2D eigenvalue weighted by Gasteiger charge is 2.21. The highest BCUT2D eigenvalue weighted by atomic mass is 32.1. The molecule has 172 valence electrons.